The van der Waals surface area contributed by atoms with E-state index in [-0.39, 0.29) is 5.97 Å². The van der Waals surface area contributed by atoms with Gasteiger partial charge in [0.2, 0.25) is 0 Å². The highest BCUT2D eigenvalue weighted by Gasteiger charge is 2.50. The minimum Gasteiger partial charge on any atom is -0.465 e. The van der Waals surface area contributed by atoms with Gasteiger partial charge in [0.05, 0.1) is 19.1 Å². The maximum Gasteiger partial charge on any atom is 0.309 e. The van der Waals surface area contributed by atoms with Crippen LogP contribution in [0.3, 0.4) is 0 Å². The summed E-state index contributed by atoms with van der Waals surface area (Å²) < 4.78 is 9.54. The van der Waals surface area contributed by atoms with E-state index < -0.39 is 0 Å². The number of methoxy groups -OCH3 is 1. The lowest BCUT2D eigenvalue weighted by Crippen LogP contribution is -1.97. The van der Waals surface area contributed by atoms with Crippen molar-refractivity contribution in [3.63, 3.8) is 0 Å². The van der Waals surface area contributed by atoms with Crippen molar-refractivity contribution < 1.29 is 14.3 Å². The first-order valence-corrected chi connectivity index (χ1v) is 5.32. The molecule has 3 nitrogen and oxygen atoms in total. The van der Waals surface area contributed by atoms with Crippen molar-refractivity contribution in [2.24, 2.45) is 11.8 Å². The zero-order valence-corrected chi connectivity index (χ0v) is 9.65. The SMILES string of the molecule is C=C/C=C(\C=C)COC.O=C1OCC2CC12. The molecule has 16 heavy (non-hydrogen) atoms. The molecule has 1 aliphatic carbocycles. The van der Waals surface area contributed by atoms with Crippen LogP contribution in [0.15, 0.2) is 37.0 Å². The van der Waals surface area contributed by atoms with Gasteiger partial charge in [-0.05, 0) is 12.0 Å². The molecule has 0 aromatic heterocycles. The van der Waals surface area contributed by atoms with Gasteiger partial charge in [-0.3, -0.25) is 4.79 Å². The predicted molar refractivity (Wildman–Crippen MR) is 62.9 cm³/mol. The van der Waals surface area contributed by atoms with Gasteiger partial charge in [0.25, 0.3) is 0 Å². The predicted octanol–water partition coefficient (Wildman–Crippen LogP) is 2.11. The molecule has 88 valence electrons. The second kappa shape index (κ2) is 6.28. The molecule has 2 unspecified atom stereocenters. The summed E-state index contributed by atoms with van der Waals surface area (Å²) in [5.41, 5.74) is 1.05. The van der Waals surface area contributed by atoms with Crippen molar-refractivity contribution >= 4 is 5.97 Å². The molecule has 2 aliphatic rings. The van der Waals surface area contributed by atoms with E-state index in [4.69, 9.17) is 4.74 Å². The van der Waals surface area contributed by atoms with Gasteiger partial charge in [-0.15, -0.1) is 0 Å². The molecule has 0 spiro atoms. The summed E-state index contributed by atoms with van der Waals surface area (Å²) in [5.74, 6) is 0.970. The van der Waals surface area contributed by atoms with Crippen molar-refractivity contribution in [1.29, 1.82) is 0 Å². The van der Waals surface area contributed by atoms with Gasteiger partial charge in [0, 0.05) is 13.0 Å². The fourth-order valence-corrected chi connectivity index (χ4v) is 1.51. The van der Waals surface area contributed by atoms with E-state index in [0.29, 0.717) is 25.0 Å². The summed E-state index contributed by atoms with van der Waals surface area (Å²) in [7, 11) is 1.65. The smallest absolute Gasteiger partial charge is 0.309 e. The first-order valence-electron chi connectivity index (χ1n) is 5.32. The largest absolute Gasteiger partial charge is 0.465 e. The maximum absolute atomic E-state index is 10.4. The molecule has 0 bridgehead atoms. The second-order valence-corrected chi connectivity index (χ2v) is 3.85. The van der Waals surface area contributed by atoms with Gasteiger partial charge in [-0.25, -0.2) is 0 Å². The fourth-order valence-electron chi connectivity index (χ4n) is 1.51. The summed E-state index contributed by atoms with van der Waals surface area (Å²) in [6, 6.07) is 0. The number of ether oxygens (including phenoxy) is 2. The lowest BCUT2D eigenvalue weighted by atomic mass is 10.2. The first-order chi connectivity index (χ1) is 7.72. The van der Waals surface area contributed by atoms with Crippen LogP contribution in [0.5, 0.6) is 0 Å². The highest BCUT2D eigenvalue weighted by Crippen LogP contribution is 2.44. The van der Waals surface area contributed by atoms with E-state index >= 15 is 0 Å². The third-order valence-electron chi connectivity index (χ3n) is 2.57. The molecule has 1 saturated heterocycles. The molecule has 0 radical (unpaired) electrons. The molecule has 2 rings (SSSR count). The first kappa shape index (κ1) is 12.7. The lowest BCUT2D eigenvalue weighted by Gasteiger charge is -1.95. The molecule has 0 aromatic rings. The van der Waals surface area contributed by atoms with Crippen molar-refractivity contribution in [3.05, 3.63) is 37.0 Å². The van der Waals surface area contributed by atoms with Gasteiger partial charge >= 0.3 is 5.97 Å². The van der Waals surface area contributed by atoms with Crippen LogP contribution in [-0.4, -0.2) is 26.3 Å². The van der Waals surface area contributed by atoms with Crippen LogP contribution in [0.4, 0.5) is 0 Å². The standard InChI is InChI=1S/C8H12O.C5H6O2/c1-4-6-8(5-2)7-9-3;6-5-4-1-3(4)2-7-5/h4-6H,1-2,7H2,3H3;3-4H,1-2H2/b8-6+;. The Bertz CT molecular complexity index is 304. The Balaban J connectivity index is 0.000000163. The molecule has 1 heterocycles. The Kier molecular flexibility index (Phi) is 4.99. The number of rotatable bonds is 4. The van der Waals surface area contributed by atoms with Gasteiger partial charge in [0.1, 0.15) is 0 Å². The molecule has 1 saturated carbocycles. The maximum atomic E-state index is 10.4. The highest BCUT2D eigenvalue weighted by molar-refractivity contribution is 5.78. The lowest BCUT2D eigenvalue weighted by molar-refractivity contribution is -0.140. The molecular formula is C13H18O3. The zero-order valence-electron chi connectivity index (χ0n) is 9.65. The van der Waals surface area contributed by atoms with Gasteiger partial charge in [-0.2, -0.15) is 0 Å². The van der Waals surface area contributed by atoms with Crippen LogP contribution in [0.25, 0.3) is 0 Å². The van der Waals surface area contributed by atoms with Crippen molar-refractivity contribution in [2.45, 2.75) is 6.42 Å². The number of carbonyl (C=O) groups excluding carboxylic acids is 1. The summed E-state index contributed by atoms with van der Waals surface area (Å²) in [6.45, 7) is 8.46. The molecule has 3 heteroatoms. The van der Waals surface area contributed by atoms with Crippen LogP contribution >= 0.6 is 0 Å². The Hall–Kier alpha value is -1.35. The molecule has 0 aromatic carbocycles. The Labute approximate surface area is 96.4 Å². The number of allylic oxidation sites excluding steroid dienone is 2. The van der Waals surface area contributed by atoms with Crippen LogP contribution in [-0.2, 0) is 14.3 Å². The summed E-state index contributed by atoms with van der Waals surface area (Å²) in [5, 5.41) is 0. The normalized spacial score (nSPS) is 26.1. The Morgan fingerprint density at radius 2 is 2.38 bits per heavy atom. The minimum atomic E-state index is 0.0324. The summed E-state index contributed by atoms with van der Waals surface area (Å²) in [6.07, 6.45) is 6.44. The van der Waals surface area contributed by atoms with E-state index in [1.54, 1.807) is 19.3 Å². The average molecular weight is 222 g/mol. The second-order valence-electron chi connectivity index (χ2n) is 3.85. The third kappa shape index (κ3) is 3.66. The molecule has 2 atom stereocenters. The summed E-state index contributed by atoms with van der Waals surface area (Å²) in [4.78, 5) is 10.4. The van der Waals surface area contributed by atoms with Crippen molar-refractivity contribution in [3.8, 4) is 0 Å². The van der Waals surface area contributed by atoms with Gasteiger partial charge in [-0.1, -0.05) is 31.4 Å². The van der Waals surface area contributed by atoms with E-state index in [1.807, 2.05) is 6.08 Å². The van der Waals surface area contributed by atoms with Crippen molar-refractivity contribution in [1.82, 2.24) is 0 Å². The Morgan fingerprint density at radius 1 is 1.62 bits per heavy atom. The number of esters is 1. The van der Waals surface area contributed by atoms with E-state index in [1.165, 1.54) is 0 Å². The van der Waals surface area contributed by atoms with Crippen LogP contribution in [0.2, 0.25) is 0 Å². The number of cyclic esters (lactones) is 1. The number of carbonyl (C=O) groups is 1. The van der Waals surface area contributed by atoms with Crippen LogP contribution in [0, 0.1) is 11.8 Å². The third-order valence-corrected chi connectivity index (χ3v) is 2.57. The zero-order chi connectivity index (χ0) is 12.0. The minimum absolute atomic E-state index is 0.0324. The van der Waals surface area contributed by atoms with Gasteiger partial charge in [0.15, 0.2) is 0 Å². The average Bonchev–Trinajstić information content (AvgIpc) is 2.99. The number of fused-ring (bicyclic) bond motifs is 1. The molecule has 0 amide bonds. The Morgan fingerprint density at radius 3 is 2.62 bits per heavy atom. The highest BCUT2D eigenvalue weighted by atomic mass is 16.5. The topological polar surface area (TPSA) is 35.5 Å². The number of hydrogen-bond donors (Lipinski definition) is 0. The summed E-state index contributed by atoms with van der Waals surface area (Å²) >= 11 is 0. The quantitative estimate of drug-likeness (QED) is 0.540. The van der Waals surface area contributed by atoms with E-state index in [2.05, 4.69) is 17.9 Å². The van der Waals surface area contributed by atoms with E-state index in [9.17, 15) is 4.79 Å². The fraction of sp³-hybridized carbons (Fsp3) is 0.462. The van der Waals surface area contributed by atoms with Crippen molar-refractivity contribution in [2.75, 3.05) is 20.3 Å². The van der Waals surface area contributed by atoms with Crippen LogP contribution in [0.1, 0.15) is 6.42 Å². The number of hydrogen-bond acceptors (Lipinski definition) is 3. The van der Waals surface area contributed by atoms with Gasteiger partial charge < -0.3 is 9.47 Å². The monoisotopic (exact) mass is 222 g/mol. The molecule has 1 aliphatic heterocycles. The molecule has 2 fully saturated rings. The van der Waals surface area contributed by atoms with Crippen LogP contribution < -0.4 is 0 Å². The molecular weight excluding hydrogens is 204 g/mol. The van der Waals surface area contributed by atoms with E-state index in [0.717, 1.165) is 12.0 Å². The molecule has 0 N–H and O–H groups in total.